The van der Waals surface area contributed by atoms with Gasteiger partial charge in [-0.15, -0.1) is 0 Å². The molecule has 0 amide bonds. The van der Waals surface area contributed by atoms with Crippen LogP contribution in [0, 0.1) is 0 Å². The van der Waals surface area contributed by atoms with E-state index in [1.165, 1.54) is 13.8 Å². The number of hydrogen-bond acceptors (Lipinski definition) is 4. The van der Waals surface area contributed by atoms with E-state index in [2.05, 4.69) is 9.05 Å². The molecule has 1 saturated heterocycles. The SMILES string of the molecule is [3H]C1CC[C@@H](CC(F)(F)P(=O)(OCC)OCC)O1. The largest absolute Gasteiger partial charge is 0.399 e. The van der Waals surface area contributed by atoms with Gasteiger partial charge in [0.15, 0.2) is 0 Å². The van der Waals surface area contributed by atoms with Gasteiger partial charge in [-0.3, -0.25) is 4.57 Å². The minimum absolute atomic E-state index is 0.112. The fraction of sp³-hybridized carbons (Fsp3) is 1.00. The molecule has 0 N–H and O–H groups in total. The fourth-order valence-electron chi connectivity index (χ4n) is 1.63. The summed E-state index contributed by atoms with van der Waals surface area (Å²) in [6.07, 6.45) is -0.729. The van der Waals surface area contributed by atoms with Crippen molar-refractivity contribution >= 4 is 7.60 Å². The van der Waals surface area contributed by atoms with Gasteiger partial charge in [0.2, 0.25) is 0 Å². The van der Waals surface area contributed by atoms with Crippen LogP contribution >= 0.6 is 7.60 Å². The maximum absolute atomic E-state index is 14.0. The molecule has 0 aromatic heterocycles. The van der Waals surface area contributed by atoms with Gasteiger partial charge in [0, 0.05) is 13.0 Å². The van der Waals surface area contributed by atoms with Crippen LogP contribution in [0.3, 0.4) is 0 Å². The summed E-state index contributed by atoms with van der Waals surface area (Å²) in [6.45, 7) is 1.96. The first-order valence-corrected chi connectivity index (χ1v) is 7.23. The lowest BCUT2D eigenvalue weighted by Gasteiger charge is -2.27. The normalized spacial score (nSPS) is 27.2. The number of rotatable bonds is 7. The lowest BCUT2D eigenvalue weighted by atomic mass is 10.2. The van der Waals surface area contributed by atoms with Crippen molar-refractivity contribution in [1.29, 1.82) is 0 Å². The number of halogens is 2. The molecule has 2 atom stereocenters. The molecule has 0 bridgehead atoms. The van der Waals surface area contributed by atoms with Crippen molar-refractivity contribution in [3.05, 3.63) is 0 Å². The zero-order chi connectivity index (χ0) is 13.8. The third kappa shape index (κ3) is 3.71. The molecule has 0 aromatic carbocycles. The summed E-state index contributed by atoms with van der Waals surface area (Å²) in [5.41, 5.74) is -3.59. The standard InChI is InChI=1S/C10H19F2O4P/c1-3-15-17(13,16-4-2)10(11,12)8-9-6-5-7-14-9/h9H,3-8H2,1-2H3/t9-/m0/s1/i7T/t7?,9-. The van der Waals surface area contributed by atoms with Crippen LogP contribution in [-0.2, 0) is 18.3 Å². The molecule has 0 spiro atoms. The predicted octanol–water partition coefficient (Wildman–Crippen LogP) is 3.41. The van der Waals surface area contributed by atoms with Crippen LogP contribution in [0.5, 0.6) is 0 Å². The van der Waals surface area contributed by atoms with E-state index in [-0.39, 0.29) is 13.2 Å². The first-order chi connectivity index (χ1) is 8.34. The summed E-state index contributed by atoms with van der Waals surface area (Å²) in [5, 5.41) is 0. The minimum Gasteiger partial charge on any atom is -0.378 e. The molecule has 0 radical (unpaired) electrons. The highest BCUT2D eigenvalue weighted by Crippen LogP contribution is 2.63. The number of hydrogen-bond donors (Lipinski definition) is 0. The Morgan fingerprint density at radius 2 is 2.06 bits per heavy atom. The Balaban J connectivity index is 2.72. The predicted molar refractivity (Wildman–Crippen MR) is 59.4 cm³/mol. The average Bonchev–Trinajstić information content (AvgIpc) is 2.63. The summed E-state index contributed by atoms with van der Waals surface area (Å²) in [7, 11) is -4.47. The molecule has 17 heavy (non-hydrogen) atoms. The Hall–Kier alpha value is -0.0300. The van der Waals surface area contributed by atoms with Gasteiger partial charge >= 0.3 is 13.3 Å². The summed E-state index contributed by atoms with van der Waals surface area (Å²) >= 11 is 0. The second kappa shape index (κ2) is 6.23. The van der Waals surface area contributed by atoms with E-state index >= 15 is 0 Å². The van der Waals surface area contributed by atoms with Crippen molar-refractivity contribution in [3.63, 3.8) is 0 Å². The molecular formula is C10H19F2O4P. The molecule has 1 fully saturated rings. The molecule has 1 unspecified atom stereocenters. The molecule has 1 heterocycles. The molecule has 1 aliphatic heterocycles. The van der Waals surface area contributed by atoms with Gasteiger partial charge < -0.3 is 13.8 Å². The van der Waals surface area contributed by atoms with E-state index < -0.39 is 32.4 Å². The smallest absolute Gasteiger partial charge is 0.378 e. The molecule has 7 heteroatoms. The summed E-state index contributed by atoms with van der Waals surface area (Å²) in [4.78, 5) is 0. The highest BCUT2D eigenvalue weighted by atomic mass is 31.2. The summed E-state index contributed by atoms with van der Waals surface area (Å²) in [5.74, 6) is 0. The van der Waals surface area contributed by atoms with Crippen LogP contribution in [0.1, 0.15) is 34.5 Å². The van der Waals surface area contributed by atoms with E-state index in [4.69, 9.17) is 6.11 Å². The quantitative estimate of drug-likeness (QED) is 0.667. The Bertz CT molecular complexity index is 306. The van der Waals surface area contributed by atoms with Gasteiger partial charge in [-0.25, -0.2) is 0 Å². The van der Waals surface area contributed by atoms with Crippen molar-refractivity contribution in [3.8, 4) is 0 Å². The molecule has 1 rings (SSSR count). The molecule has 0 saturated carbocycles. The second-order valence-corrected chi connectivity index (χ2v) is 5.87. The first kappa shape index (κ1) is 13.4. The average molecular weight is 274 g/mol. The van der Waals surface area contributed by atoms with E-state index in [0.717, 1.165) is 0 Å². The van der Waals surface area contributed by atoms with E-state index in [1.807, 2.05) is 0 Å². The Morgan fingerprint density at radius 1 is 1.47 bits per heavy atom. The van der Waals surface area contributed by atoms with E-state index in [9.17, 15) is 13.3 Å². The van der Waals surface area contributed by atoms with Gasteiger partial charge in [-0.2, -0.15) is 8.78 Å². The lowest BCUT2D eigenvalue weighted by Crippen LogP contribution is -2.26. The maximum atomic E-state index is 14.0. The van der Waals surface area contributed by atoms with Crippen LogP contribution in [0.4, 0.5) is 8.78 Å². The molecule has 102 valence electrons. The van der Waals surface area contributed by atoms with Crippen molar-refractivity contribution in [2.24, 2.45) is 0 Å². The fourth-order valence-corrected chi connectivity index (χ4v) is 3.19. The van der Waals surface area contributed by atoms with Gasteiger partial charge in [0.1, 0.15) is 0 Å². The third-order valence-corrected chi connectivity index (χ3v) is 4.55. The van der Waals surface area contributed by atoms with Gasteiger partial charge in [0.05, 0.1) is 20.7 Å². The number of ether oxygens (including phenoxy) is 1. The molecule has 4 nitrogen and oxygen atoms in total. The van der Waals surface area contributed by atoms with Crippen molar-refractivity contribution in [2.75, 3.05) is 19.8 Å². The van der Waals surface area contributed by atoms with E-state index in [1.54, 1.807) is 0 Å². The van der Waals surface area contributed by atoms with Crippen molar-refractivity contribution in [2.45, 2.75) is 44.9 Å². The van der Waals surface area contributed by atoms with Crippen molar-refractivity contribution in [1.82, 2.24) is 0 Å². The van der Waals surface area contributed by atoms with Crippen LogP contribution in [0.15, 0.2) is 0 Å². The summed E-state index contributed by atoms with van der Waals surface area (Å²) < 4.78 is 61.5. The Kier molecular flexibility index (Phi) is 4.91. The zero-order valence-electron chi connectivity index (χ0n) is 11.0. The summed E-state index contributed by atoms with van der Waals surface area (Å²) in [6, 6.07) is 0. The van der Waals surface area contributed by atoms with Crippen LogP contribution in [0.25, 0.3) is 0 Å². The second-order valence-electron chi connectivity index (χ2n) is 3.71. The number of alkyl halides is 2. The maximum Gasteiger partial charge on any atom is 0.399 e. The van der Waals surface area contributed by atoms with Crippen molar-refractivity contribution < 1.29 is 28.5 Å². The lowest BCUT2D eigenvalue weighted by molar-refractivity contribution is -0.0147. The van der Waals surface area contributed by atoms with Gasteiger partial charge in [-0.1, -0.05) is 0 Å². The minimum atomic E-state index is -4.47. The highest BCUT2D eigenvalue weighted by molar-refractivity contribution is 7.55. The van der Waals surface area contributed by atoms with Crippen LogP contribution in [0.2, 0.25) is 0 Å². The van der Waals surface area contributed by atoms with E-state index in [0.29, 0.717) is 12.8 Å². The molecule has 0 aliphatic carbocycles. The monoisotopic (exact) mass is 274 g/mol. The van der Waals surface area contributed by atoms with Gasteiger partial charge in [0.25, 0.3) is 0 Å². The zero-order valence-corrected chi connectivity index (χ0v) is 10.9. The Morgan fingerprint density at radius 3 is 2.47 bits per heavy atom. The van der Waals surface area contributed by atoms with Crippen LogP contribution in [-0.4, -0.2) is 31.6 Å². The molecule has 0 aromatic rings. The third-order valence-electron chi connectivity index (χ3n) is 2.37. The molecular weight excluding hydrogens is 253 g/mol. The Labute approximate surface area is 102 Å². The topological polar surface area (TPSA) is 44.8 Å². The first-order valence-electron chi connectivity index (χ1n) is 6.27. The van der Waals surface area contributed by atoms with Crippen LogP contribution < -0.4 is 0 Å². The highest BCUT2D eigenvalue weighted by Gasteiger charge is 2.54. The van der Waals surface area contributed by atoms with Gasteiger partial charge in [-0.05, 0) is 26.7 Å². The molecule has 1 aliphatic rings.